The molecule has 0 atom stereocenters. The van der Waals surface area contributed by atoms with Crippen LogP contribution in [0.4, 0.5) is 0 Å². The minimum atomic E-state index is -7.33. The van der Waals surface area contributed by atoms with E-state index in [0.717, 1.165) is 0 Å². The van der Waals surface area contributed by atoms with Gasteiger partial charge in [0.2, 0.25) is 0 Å². The molecule has 0 spiro atoms. The molecule has 0 aliphatic heterocycles. The van der Waals surface area contributed by atoms with E-state index in [4.69, 9.17) is 50.8 Å². The van der Waals surface area contributed by atoms with Gasteiger partial charge in [-0.2, -0.15) is 0 Å². The fourth-order valence-corrected chi connectivity index (χ4v) is 0. The van der Waals surface area contributed by atoms with Crippen LogP contribution in [0.15, 0.2) is 0 Å². The molecule has 65 valence electrons. The van der Waals surface area contributed by atoms with Crippen LogP contribution in [0.5, 0.6) is 0 Å². The standard InChI is InChI=1S/3ClH.Ir.5H2N/h3*1H;;5*1H2/q;;;+8;5*-1/p-3. The van der Waals surface area contributed by atoms with Crippen molar-refractivity contribution in [3.63, 3.8) is 0 Å². The van der Waals surface area contributed by atoms with Gasteiger partial charge in [-0.05, 0) is 0 Å². The first-order valence-electron chi connectivity index (χ1n) is 1.34. The third-order valence-electron chi connectivity index (χ3n) is 0. The van der Waals surface area contributed by atoms with Crippen molar-refractivity contribution in [3.05, 3.63) is 0 Å². The van der Waals surface area contributed by atoms with Gasteiger partial charge in [0.05, 0.1) is 0 Å². The van der Waals surface area contributed by atoms with Crippen LogP contribution in [0.3, 0.4) is 0 Å². The monoisotopic (exact) mass is 378 g/mol. The van der Waals surface area contributed by atoms with Crippen LogP contribution in [0.1, 0.15) is 0 Å². The topological polar surface area (TPSA) is 130 Å². The average Bonchev–Trinajstić information content (AvgIpc) is 0.503. The van der Waals surface area contributed by atoms with Gasteiger partial charge in [0.15, 0.2) is 0 Å². The van der Waals surface area contributed by atoms with Gasteiger partial charge in [0, 0.05) is 0 Å². The molecule has 0 aromatic carbocycles. The van der Waals surface area contributed by atoms with Gasteiger partial charge in [-0.25, -0.2) is 0 Å². The number of halogens is 3. The summed E-state index contributed by atoms with van der Waals surface area (Å²) in [4.78, 5) is 0. The van der Waals surface area contributed by atoms with Crippen molar-refractivity contribution in [2.24, 2.45) is 22.0 Å². The summed E-state index contributed by atoms with van der Waals surface area (Å²) in [5.41, 5.74) is 0. The second-order valence-corrected chi connectivity index (χ2v) is 46.4. The molecule has 0 saturated carbocycles. The van der Waals surface area contributed by atoms with Crippen LogP contribution in [0.2, 0.25) is 0 Å². The number of hydrogen-bond donors (Lipinski definition) is 5. The third kappa shape index (κ3) is 287. The van der Waals surface area contributed by atoms with Gasteiger partial charge >= 0.3 is 59.4 Å². The summed E-state index contributed by atoms with van der Waals surface area (Å²) in [6, 6.07) is 0. The SMILES string of the molecule is [NH2][Ir]([NH2])([NH2])([NH2])([NH2])([Cl])([Cl])[Cl]. The Balaban J connectivity index is 5.84. The Labute approximate surface area is 59.3 Å². The van der Waals surface area contributed by atoms with Crippen molar-refractivity contribution < 1.29 is 8.64 Å². The molecule has 0 radical (unpaired) electrons. The molecule has 0 unspecified atom stereocenters. The van der Waals surface area contributed by atoms with Gasteiger partial charge in [-0.1, -0.05) is 0 Å². The average molecular weight is 379 g/mol. The van der Waals surface area contributed by atoms with E-state index < -0.39 is 8.64 Å². The Morgan fingerprint density at radius 2 is 0.667 bits per heavy atom. The van der Waals surface area contributed by atoms with Gasteiger partial charge < -0.3 is 0 Å². The summed E-state index contributed by atoms with van der Waals surface area (Å²) in [6.45, 7) is 0. The molecule has 0 saturated heterocycles. The van der Waals surface area contributed by atoms with E-state index in [2.05, 4.69) is 0 Å². The van der Waals surface area contributed by atoms with Crippen LogP contribution >= 0.6 is 28.8 Å². The first-order chi connectivity index (χ1) is 2.83. The van der Waals surface area contributed by atoms with E-state index in [1.807, 2.05) is 0 Å². The van der Waals surface area contributed by atoms with Crippen molar-refractivity contribution in [2.45, 2.75) is 0 Å². The number of nitrogens with two attached hydrogens (primary N) is 5. The van der Waals surface area contributed by atoms with Crippen molar-refractivity contribution in [3.8, 4) is 0 Å². The fourth-order valence-electron chi connectivity index (χ4n) is 0. The molecule has 10 N–H and O–H groups in total. The molecule has 0 aromatic rings. The summed E-state index contributed by atoms with van der Waals surface area (Å²) >= 11 is 0. The Morgan fingerprint density at radius 1 is 0.667 bits per heavy atom. The van der Waals surface area contributed by atoms with E-state index in [-0.39, 0.29) is 0 Å². The molecular formula is H10Cl3IrN5. The van der Waals surface area contributed by atoms with E-state index in [0.29, 0.717) is 0 Å². The molecule has 0 fully saturated rings. The molecule has 5 nitrogen and oxygen atoms in total. The van der Waals surface area contributed by atoms with Gasteiger partial charge in [0.1, 0.15) is 0 Å². The minimum absolute atomic E-state index is 4.90. The predicted octanol–water partition coefficient (Wildman–Crippen LogP) is -0.887. The van der Waals surface area contributed by atoms with Crippen molar-refractivity contribution in [1.82, 2.24) is 0 Å². The van der Waals surface area contributed by atoms with Crippen molar-refractivity contribution in [1.29, 1.82) is 0 Å². The second kappa shape index (κ2) is 0.750. The van der Waals surface area contributed by atoms with E-state index in [1.54, 1.807) is 0 Å². The first kappa shape index (κ1) is 10.3. The van der Waals surface area contributed by atoms with Crippen molar-refractivity contribution >= 4 is 28.8 Å². The summed E-state index contributed by atoms with van der Waals surface area (Å²) in [7, 11) is 8.08. The molecule has 0 aliphatic rings. The summed E-state index contributed by atoms with van der Waals surface area (Å²) in [6.07, 6.45) is 0. The Bertz CT molecular complexity index is 147. The third-order valence-corrected chi connectivity index (χ3v) is 0. The maximum atomic E-state index is 5.14. The van der Waals surface area contributed by atoms with Crippen LogP contribution in [0, 0.1) is 0 Å². The van der Waals surface area contributed by atoms with Crippen LogP contribution < -0.4 is 22.0 Å². The van der Waals surface area contributed by atoms with Gasteiger partial charge in [-0.15, -0.1) is 0 Å². The van der Waals surface area contributed by atoms with Crippen LogP contribution in [-0.2, 0) is 8.64 Å². The molecule has 0 amide bonds. The summed E-state index contributed by atoms with van der Waals surface area (Å²) < 4.78 is 24.5. The molecule has 0 rings (SSSR count). The first-order valence-corrected chi connectivity index (χ1v) is 17.2. The van der Waals surface area contributed by atoms with Crippen molar-refractivity contribution in [2.75, 3.05) is 0 Å². The maximum absolute atomic E-state index is 7.33. The molecule has 9 heteroatoms. The zero-order valence-electron chi connectivity index (χ0n) is 4.35. The molecule has 0 aromatic heterocycles. The van der Waals surface area contributed by atoms with E-state index in [1.165, 1.54) is 0 Å². The Morgan fingerprint density at radius 3 is 0.667 bits per heavy atom. The summed E-state index contributed by atoms with van der Waals surface area (Å²) in [5.74, 6) is 0. The molecular weight excluding hydrogens is 369 g/mol. The predicted molar refractivity (Wildman–Crippen MR) is 38.5 cm³/mol. The summed E-state index contributed by atoms with van der Waals surface area (Å²) in [5, 5.41) is 0. The van der Waals surface area contributed by atoms with Gasteiger partial charge in [-0.3, -0.25) is 0 Å². The Kier molecular flexibility index (Phi) is 0.860. The van der Waals surface area contributed by atoms with E-state index in [9.17, 15) is 0 Å². The van der Waals surface area contributed by atoms with Crippen LogP contribution in [-0.4, -0.2) is 0 Å². The Hall–Kier alpha value is 1.32. The number of rotatable bonds is 0. The van der Waals surface area contributed by atoms with Crippen LogP contribution in [0.25, 0.3) is 0 Å². The zero-order valence-corrected chi connectivity index (χ0v) is 9.02. The molecule has 0 heterocycles. The number of hydrogen-bond acceptors (Lipinski definition) is 5. The molecule has 0 aliphatic carbocycles. The second-order valence-electron chi connectivity index (χ2n) is 2.35. The normalized spacial score (nSPS) is 31.1. The zero-order chi connectivity index (χ0) is 8.35. The van der Waals surface area contributed by atoms with Gasteiger partial charge in [0.25, 0.3) is 0 Å². The quantitative estimate of drug-likeness (QED) is 0.373. The molecule has 0 bridgehead atoms. The fraction of sp³-hybridized carbons (Fsp3) is 0. The van der Waals surface area contributed by atoms with E-state index >= 15 is 0 Å². The molecule has 9 heavy (non-hydrogen) atoms.